The number of benzene rings is 1. The molecule has 4 nitrogen and oxygen atoms in total. The minimum atomic E-state index is -0.438. The van der Waals surface area contributed by atoms with Crippen molar-refractivity contribution < 1.29 is 14.3 Å². The number of carbonyl (C=O) groups excluding carboxylic acids is 1. The van der Waals surface area contributed by atoms with Gasteiger partial charge in [-0.2, -0.15) is 0 Å². The lowest BCUT2D eigenvalue weighted by Crippen LogP contribution is -2.42. The first-order valence-electron chi connectivity index (χ1n) is 7.49. The Balaban J connectivity index is 2.65. The van der Waals surface area contributed by atoms with E-state index in [2.05, 4.69) is 38.2 Å². The molecule has 21 heavy (non-hydrogen) atoms. The van der Waals surface area contributed by atoms with Crippen LogP contribution in [0.2, 0.25) is 0 Å². The molecule has 0 radical (unpaired) electrons. The average molecular weight is 293 g/mol. The van der Waals surface area contributed by atoms with Gasteiger partial charge >= 0.3 is 5.97 Å². The van der Waals surface area contributed by atoms with Gasteiger partial charge in [-0.25, -0.2) is 0 Å². The van der Waals surface area contributed by atoms with Crippen molar-refractivity contribution >= 4 is 5.97 Å². The lowest BCUT2D eigenvalue weighted by molar-refractivity contribution is -0.143. The molecule has 1 rings (SSSR count). The molecule has 0 fully saturated rings. The van der Waals surface area contributed by atoms with Crippen molar-refractivity contribution in [2.45, 2.75) is 45.6 Å². The van der Waals surface area contributed by atoms with E-state index in [1.165, 1.54) is 12.7 Å². The molecule has 0 aliphatic heterocycles. The van der Waals surface area contributed by atoms with Gasteiger partial charge in [-0.15, -0.1) is 0 Å². The van der Waals surface area contributed by atoms with Crippen LogP contribution in [0.3, 0.4) is 0 Å². The summed E-state index contributed by atoms with van der Waals surface area (Å²) in [6.45, 7) is 9.52. The van der Waals surface area contributed by atoms with E-state index >= 15 is 0 Å². The van der Waals surface area contributed by atoms with Crippen molar-refractivity contribution in [1.82, 2.24) is 5.32 Å². The second kappa shape index (κ2) is 8.03. The molecule has 0 aromatic heterocycles. The molecule has 1 N–H and O–H groups in total. The topological polar surface area (TPSA) is 47.6 Å². The fourth-order valence-corrected chi connectivity index (χ4v) is 1.98. The highest BCUT2D eigenvalue weighted by molar-refractivity contribution is 5.75. The zero-order valence-corrected chi connectivity index (χ0v) is 13.7. The molecular weight excluding hydrogens is 266 g/mol. The molecule has 1 aromatic rings. The summed E-state index contributed by atoms with van der Waals surface area (Å²) in [6.07, 6.45) is 1.08. The summed E-state index contributed by atoms with van der Waals surface area (Å²) in [5.74, 6) is 0.457. The van der Waals surface area contributed by atoms with Crippen LogP contribution in [0.5, 0.6) is 5.75 Å². The highest BCUT2D eigenvalue weighted by atomic mass is 16.5. The quantitative estimate of drug-likeness (QED) is 0.749. The van der Waals surface area contributed by atoms with E-state index in [9.17, 15) is 4.79 Å². The van der Waals surface area contributed by atoms with Gasteiger partial charge in [-0.05, 0) is 36.1 Å². The number of rotatable bonds is 8. The van der Waals surface area contributed by atoms with Crippen LogP contribution in [0.4, 0.5) is 0 Å². The number of nitrogens with one attached hydrogen (secondary N) is 1. The molecular formula is C17H27NO3. The van der Waals surface area contributed by atoms with Crippen LogP contribution in [0.15, 0.2) is 24.3 Å². The molecule has 0 bridgehead atoms. The normalized spacial score (nSPS) is 12.8. The average Bonchev–Trinajstić information content (AvgIpc) is 2.51. The van der Waals surface area contributed by atoms with Crippen LogP contribution in [0, 0.1) is 0 Å². The Morgan fingerprint density at radius 2 is 1.86 bits per heavy atom. The largest absolute Gasteiger partial charge is 0.491 e. The summed E-state index contributed by atoms with van der Waals surface area (Å²) < 4.78 is 10.4. The zero-order chi connectivity index (χ0) is 15.9. The standard InChI is InChI=1S/C17H27NO3/c1-6-17(3,4)13-8-10-14(11-9-13)21-12-15(18-7-2)16(19)20-5/h8-11,15,18H,6-7,12H2,1-5H3. The Hall–Kier alpha value is -1.55. The van der Waals surface area contributed by atoms with Gasteiger partial charge < -0.3 is 14.8 Å². The molecule has 4 heteroatoms. The summed E-state index contributed by atoms with van der Waals surface area (Å²) in [4.78, 5) is 11.6. The maximum atomic E-state index is 11.6. The van der Waals surface area contributed by atoms with Crippen LogP contribution in [0.25, 0.3) is 0 Å². The Labute approximate surface area is 127 Å². The van der Waals surface area contributed by atoms with Gasteiger partial charge in [0.25, 0.3) is 0 Å². The summed E-state index contributed by atoms with van der Waals surface area (Å²) in [7, 11) is 1.38. The minimum Gasteiger partial charge on any atom is -0.491 e. The van der Waals surface area contributed by atoms with E-state index < -0.39 is 6.04 Å². The van der Waals surface area contributed by atoms with E-state index in [-0.39, 0.29) is 18.0 Å². The fourth-order valence-electron chi connectivity index (χ4n) is 1.98. The zero-order valence-electron chi connectivity index (χ0n) is 13.7. The van der Waals surface area contributed by atoms with Crippen molar-refractivity contribution in [3.05, 3.63) is 29.8 Å². The van der Waals surface area contributed by atoms with Gasteiger partial charge in [0.05, 0.1) is 7.11 Å². The predicted octanol–water partition coefficient (Wildman–Crippen LogP) is 2.90. The first-order valence-corrected chi connectivity index (χ1v) is 7.49. The number of hydrogen-bond acceptors (Lipinski definition) is 4. The lowest BCUT2D eigenvalue weighted by Gasteiger charge is -2.23. The molecule has 1 atom stereocenters. The van der Waals surface area contributed by atoms with Crippen LogP contribution in [-0.4, -0.2) is 32.3 Å². The van der Waals surface area contributed by atoms with Gasteiger partial charge in [0.15, 0.2) is 0 Å². The second-order valence-corrected chi connectivity index (χ2v) is 5.71. The van der Waals surface area contributed by atoms with Gasteiger partial charge in [0, 0.05) is 0 Å². The van der Waals surface area contributed by atoms with Gasteiger partial charge in [0.1, 0.15) is 18.4 Å². The summed E-state index contributed by atoms with van der Waals surface area (Å²) in [6, 6.07) is 7.63. The van der Waals surface area contributed by atoms with Gasteiger partial charge in [-0.3, -0.25) is 4.79 Å². The first-order chi connectivity index (χ1) is 9.94. The minimum absolute atomic E-state index is 0.164. The SMILES string of the molecule is CCNC(COc1ccc(C(C)(C)CC)cc1)C(=O)OC. The molecule has 1 aromatic carbocycles. The fraction of sp³-hybridized carbons (Fsp3) is 0.588. The molecule has 0 saturated carbocycles. The second-order valence-electron chi connectivity index (χ2n) is 5.71. The number of carbonyl (C=O) groups is 1. The number of esters is 1. The molecule has 0 spiro atoms. The van der Waals surface area contributed by atoms with Gasteiger partial charge in [0.2, 0.25) is 0 Å². The van der Waals surface area contributed by atoms with Crippen molar-refractivity contribution in [3.63, 3.8) is 0 Å². The molecule has 0 aliphatic carbocycles. The van der Waals surface area contributed by atoms with E-state index in [0.717, 1.165) is 12.2 Å². The Bertz CT molecular complexity index is 440. The van der Waals surface area contributed by atoms with Crippen LogP contribution >= 0.6 is 0 Å². The third kappa shape index (κ3) is 5.05. The Morgan fingerprint density at radius 3 is 2.33 bits per heavy atom. The van der Waals surface area contributed by atoms with E-state index in [1.807, 2.05) is 19.1 Å². The lowest BCUT2D eigenvalue weighted by atomic mass is 9.82. The highest BCUT2D eigenvalue weighted by Gasteiger charge is 2.20. The number of hydrogen-bond donors (Lipinski definition) is 1. The highest BCUT2D eigenvalue weighted by Crippen LogP contribution is 2.28. The maximum absolute atomic E-state index is 11.6. The smallest absolute Gasteiger partial charge is 0.326 e. The third-order valence-electron chi connectivity index (χ3n) is 3.87. The molecule has 0 heterocycles. The molecule has 1 unspecified atom stereocenters. The van der Waals surface area contributed by atoms with E-state index in [0.29, 0.717) is 6.54 Å². The van der Waals surface area contributed by atoms with Crippen molar-refractivity contribution in [2.24, 2.45) is 0 Å². The van der Waals surface area contributed by atoms with E-state index in [1.54, 1.807) is 0 Å². The first kappa shape index (κ1) is 17.5. The monoisotopic (exact) mass is 293 g/mol. The summed E-state index contributed by atoms with van der Waals surface area (Å²) >= 11 is 0. The van der Waals surface area contributed by atoms with Crippen LogP contribution in [0.1, 0.15) is 39.7 Å². The summed E-state index contributed by atoms with van der Waals surface area (Å²) in [5, 5.41) is 3.05. The summed E-state index contributed by atoms with van der Waals surface area (Å²) in [5.41, 5.74) is 1.45. The van der Waals surface area contributed by atoms with E-state index in [4.69, 9.17) is 9.47 Å². The molecule has 0 aliphatic rings. The maximum Gasteiger partial charge on any atom is 0.326 e. The Kier molecular flexibility index (Phi) is 6.69. The van der Waals surface area contributed by atoms with Gasteiger partial charge in [-0.1, -0.05) is 39.8 Å². The third-order valence-corrected chi connectivity index (χ3v) is 3.87. The Morgan fingerprint density at radius 1 is 1.24 bits per heavy atom. The number of likely N-dealkylation sites (N-methyl/N-ethyl adjacent to an activating group) is 1. The molecule has 0 amide bonds. The molecule has 0 saturated heterocycles. The van der Waals surface area contributed by atoms with Crippen molar-refractivity contribution in [2.75, 3.05) is 20.3 Å². The number of methoxy groups -OCH3 is 1. The van der Waals surface area contributed by atoms with Crippen LogP contribution in [-0.2, 0) is 14.9 Å². The number of ether oxygens (including phenoxy) is 2. The predicted molar refractivity (Wildman–Crippen MR) is 84.7 cm³/mol. The van der Waals surface area contributed by atoms with Crippen molar-refractivity contribution in [1.29, 1.82) is 0 Å². The van der Waals surface area contributed by atoms with Crippen LogP contribution < -0.4 is 10.1 Å². The molecule has 118 valence electrons. The van der Waals surface area contributed by atoms with Crippen molar-refractivity contribution in [3.8, 4) is 5.75 Å².